The number of hydrogen-bond acceptors (Lipinski definition) is 5. The van der Waals surface area contributed by atoms with E-state index >= 15 is 0 Å². The van der Waals surface area contributed by atoms with Gasteiger partial charge in [-0.05, 0) is 12.5 Å². The lowest BCUT2D eigenvalue weighted by Gasteiger charge is -2.33. The summed E-state index contributed by atoms with van der Waals surface area (Å²) in [6.45, 7) is 7.28. The molecular weight excluding hydrogens is 316 g/mol. The molecule has 0 aliphatic carbocycles. The lowest BCUT2D eigenvalue weighted by molar-refractivity contribution is -0.0300. The van der Waals surface area contributed by atoms with E-state index in [1.54, 1.807) is 11.8 Å². The second-order valence-electron chi connectivity index (χ2n) is 6.54. The fourth-order valence-corrected chi connectivity index (χ4v) is 3.39. The molecule has 6 heteroatoms. The quantitative estimate of drug-likeness (QED) is 0.829. The summed E-state index contributed by atoms with van der Waals surface area (Å²) in [5, 5.41) is 7.92. The first-order chi connectivity index (χ1) is 12.2. The topological polar surface area (TPSA) is 51.6 Å². The van der Waals surface area contributed by atoms with Gasteiger partial charge < -0.3 is 14.8 Å². The van der Waals surface area contributed by atoms with Crippen LogP contribution in [-0.4, -0.2) is 54.1 Å². The third-order valence-corrected chi connectivity index (χ3v) is 4.63. The van der Waals surface area contributed by atoms with E-state index in [1.807, 2.05) is 14.0 Å². The molecule has 1 aromatic heterocycles. The summed E-state index contributed by atoms with van der Waals surface area (Å²) in [7, 11) is 3.59. The number of nitrogens with one attached hydrogen (secondary N) is 1. The minimum absolute atomic E-state index is 0.209. The monoisotopic (exact) mass is 344 g/mol. The van der Waals surface area contributed by atoms with Crippen LogP contribution in [-0.2, 0) is 24.9 Å². The van der Waals surface area contributed by atoms with Gasteiger partial charge in [0.1, 0.15) is 0 Å². The molecule has 0 amide bonds. The van der Waals surface area contributed by atoms with Gasteiger partial charge in [0.05, 0.1) is 31.1 Å². The van der Waals surface area contributed by atoms with Crippen LogP contribution in [0.15, 0.2) is 30.3 Å². The summed E-state index contributed by atoms with van der Waals surface area (Å²) in [5.41, 5.74) is 3.47. The van der Waals surface area contributed by atoms with Crippen LogP contribution >= 0.6 is 0 Å². The van der Waals surface area contributed by atoms with E-state index < -0.39 is 0 Å². The van der Waals surface area contributed by atoms with Crippen molar-refractivity contribution in [1.29, 1.82) is 0 Å². The fraction of sp³-hybridized carbons (Fsp3) is 0.526. The van der Waals surface area contributed by atoms with Crippen LogP contribution in [0, 0.1) is 6.92 Å². The van der Waals surface area contributed by atoms with Gasteiger partial charge in [0, 0.05) is 39.8 Å². The van der Waals surface area contributed by atoms with Crippen molar-refractivity contribution in [2.45, 2.75) is 26.1 Å². The van der Waals surface area contributed by atoms with Crippen molar-refractivity contribution in [2.24, 2.45) is 7.05 Å². The highest BCUT2D eigenvalue weighted by Crippen LogP contribution is 2.20. The zero-order valence-electron chi connectivity index (χ0n) is 15.4. The molecule has 136 valence electrons. The van der Waals surface area contributed by atoms with E-state index in [1.165, 1.54) is 5.56 Å². The van der Waals surface area contributed by atoms with E-state index in [2.05, 4.69) is 45.6 Å². The van der Waals surface area contributed by atoms with Crippen LogP contribution in [0.1, 0.15) is 16.8 Å². The van der Waals surface area contributed by atoms with Crippen LogP contribution in [0.3, 0.4) is 0 Å². The third kappa shape index (κ3) is 4.60. The molecular formula is C19H28N4O2. The number of ether oxygens (including phenoxy) is 2. The highest BCUT2D eigenvalue weighted by atomic mass is 16.5. The normalized spacial score (nSPS) is 18.4. The number of methoxy groups -OCH3 is 1. The van der Waals surface area contributed by atoms with Crippen molar-refractivity contribution < 1.29 is 9.47 Å². The first kappa shape index (κ1) is 17.9. The Hall–Kier alpha value is -1.89. The third-order valence-electron chi connectivity index (χ3n) is 4.63. The summed E-state index contributed by atoms with van der Waals surface area (Å²) in [5.74, 6) is 0.820. The molecule has 1 fully saturated rings. The fourth-order valence-electron chi connectivity index (χ4n) is 3.39. The minimum atomic E-state index is 0.209. The molecule has 1 saturated heterocycles. The molecule has 25 heavy (non-hydrogen) atoms. The predicted octanol–water partition coefficient (Wildman–Crippen LogP) is 1.73. The molecule has 1 atom stereocenters. The van der Waals surface area contributed by atoms with Gasteiger partial charge in [0.2, 0.25) is 5.88 Å². The summed E-state index contributed by atoms with van der Waals surface area (Å²) < 4.78 is 13.1. The van der Waals surface area contributed by atoms with Gasteiger partial charge in [0.15, 0.2) is 0 Å². The van der Waals surface area contributed by atoms with E-state index in [-0.39, 0.29) is 6.10 Å². The number of morpholine rings is 1. The van der Waals surface area contributed by atoms with Crippen molar-refractivity contribution in [3.05, 3.63) is 47.2 Å². The largest absolute Gasteiger partial charge is 0.481 e. The molecule has 0 unspecified atom stereocenters. The van der Waals surface area contributed by atoms with E-state index in [9.17, 15) is 0 Å². The van der Waals surface area contributed by atoms with E-state index in [0.29, 0.717) is 0 Å². The Kier molecular flexibility index (Phi) is 6.07. The maximum absolute atomic E-state index is 5.92. The van der Waals surface area contributed by atoms with Gasteiger partial charge in [0.25, 0.3) is 0 Å². The standard InChI is InChI=1S/C19H28N4O2/c1-15-18(19(24-3)22(2)21-15)12-20-11-17-14-23(9-10-25-17)13-16-7-5-4-6-8-16/h4-8,17,20H,9-14H2,1-3H3/t17-/m0/s1. The highest BCUT2D eigenvalue weighted by Gasteiger charge is 2.21. The number of benzene rings is 1. The number of nitrogens with zero attached hydrogens (tertiary/aromatic N) is 3. The molecule has 0 radical (unpaired) electrons. The van der Waals surface area contributed by atoms with Gasteiger partial charge in [-0.3, -0.25) is 4.90 Å². The molecule has 1 aromatic carbocycles. The Morgan fingerprint density at radius 2 is 2.12 bits per heavy atom. The van der Waals surface area contributed by atoms with Crippen LogP contribution in [0.2, 0.25) is 0 Å². The minimum Gasteiger partial charge on any atom is -0.481 e. The Morgan fingerprint density at radius 3 is 2.88 bits per heavy atom. The lowest BCUT2D eigenvalue weighted by atomic mass is 10.2. The van der Waals surface area contributed by atoms with Crippen LogP contribution in [0.25, 0.3) is 0 Å². The van der Waals surface area contributed by atoms with Crippen LogP contribution in [0.5, 0.6) is 5.88 Å². The number of hydrogen-bond donors (Lipinski definition) is 1. The van der Waals surface area contributed by atoms with Gasteiger partial charge in [-0.1, -0.05) is 30.3 Å². The maximum atomic E-state index is 5.92. The maximum Gasteiger partial charge on any atom is 0.216 e. The zero-order valence-corrected chi connectivity index (χ0v) is 15.4. The van der Waals surface area contributed by atoms with Gasteiger partial charge >= 0.3 is 0 Å². The summed E-state index contributed by atoms with van der Waals surface area (Å²) >= 11 is 0. The molecule has 1 N–H and O–H groups in total. The summed E-state index contributed by atoms with van der Waals surface area (Å²) in [6.07, 6.45) is 0.209. The molecule has 1 aliphatic rings. The predicted molar refractivity (Wildman–Crippen MR) is 97.7 cm³/mol. The van der Waals surface area contributed by atoms with Crippen molar-refractivity contribution in [1.82, 2.24) is 20.0 Å². The molecule has 0 spiro atoms. The average Bonchev–Trinajstić information content (AvgIpc) is 2.89. The number of rotatable bonds is 7. The first-order valence-corrected chi connectivity index (χ1v) is 8.82. The van der Waals surface area contributed by atoms with Crippen LogP contribution in [0.4, 0.5) is 0 Å². The van der Waals surface area contributed by atoms with Gasteiger partial charge in [-0.15, -0.1) is 0 Å². The smallest absolute Gasteiger partial charge is 0.216 e. The highest BCUT2D eigenvalue weighted by molar-refractivity contribution is 5.30. The second-order valence-corrected chi connectivity index (χ2v) is 6.54. The molecule has 0 saturated carbocycles. The Balaban J connectivity index is 1.48. The molecule has 1 aliphatic heterocycles. The number of aryl methyl sites for hydroxylation is 2. The zero-order chi connectivity index (χ0) is 17.6. The Bertz CT molecular complexity index is 672. The second kappa shape index (κ2) is 8.47. The average molecular weight is 344 g/mol. The van der Waals surface area contributed by atoms with Crippen molar-refractivity contribution in [2.75, 3.05) is 33.4 Å². The molecule has 0 bridgehead atoms. The summed E-state index contributed by atoms with van der Waals surface area (Å²) in [6, 6.07) is 10.6. The first-order valence-electron chi connectivity index (χ1n) is 8.82. The molecule has 2 heterocycles. The lowest BCUT2D eigenvalue weighted by Crippen LogP contribution is -2.46. The molecule has 2 aromatic rings. The van der Waals surface area contributed by atoms with Crippen LogP contribution < -0.4 is 10.1 Å². The van der Waals surface area contributed by atoms with Crippen molar-refractivity contribution in [3.63, 3.8) is 0 Å². The SMILES string of the molecule is COc1c(CNC[C@H]2CN(Cc3ccccc3)CCO2)c(C)nn1C. The van der Waals surface area contributed by atoms with Gasteiger partial charge in [-0.2, -0.15) is 5.10 Å². The van der Waals surface area contributed by atoms with Crippen molar-refractivity contribution >= 4 is 0 Å². The molecule has 3 rings (SSSR count). The van der Waals surface area contributed by atoms with Crippen molar-refractivity contribution in [3.8, 4) is 5.88 Å². The summed E-state index contributed by atoms with van der Waals surface area (Å²) in [4.78, 5) is 2.46. The molecule has 6 nitrogen and oxygen atoms in total. The van der Waals surface area contributed by atoms with E-state index in [4.69, 9.17) is 9.47 Å². The number of aromatic nitrogens is 2. The Labute approximate surface area is 149 Å². The Morgan fingerprint density at radius 1 is 1.32 bits per heavy atom. The van der Waals surface area contributed by atoms with Gasteiger partial charge in [-0.25, -0.2) is 4.68 Å². The van der Waals surface area contributed by atoms with E-state index in [0.717, 1.165) is 56.5 Å².